The fourth-order valence-corrected chi connectivity index (χ4v) is 3.57. The van der Waals surface area contributed by atoms with Gasteiger partial charge in [-0.05, 0) is 50.8 Å². The van der Waals surface area contributed by atoms with Gasteiger partial charge >= 0.3 is 0 Å². The van der Waals surface area contributed by atoms with E-state index in [9.17, 15) is 8.42 Å². The average molecular weight is 403 g/mol. The highest BCUT2D eigenvalue weighted by Gasteiger charge is 2.14. The van der Waals surface area contributed by atoms with Crippen LogP contribution in [0.4, 0.5) is 0 Å². The van der Waals surface area contributed by atoms with Crippen LogP contribution in [0.5, 0.6) is 0 Å². The molecule has 0 saturated carbocycles. The number of unbranched alkanes of at least 4 members (excludes halogenated alkanes) is 8. The molecule has 1 aromatic rings. The molecular weight excluding hydrogens is 368 g/mol. The minimum absolute atomic E-state index is 0.230. The van der Waals surface area contributed by atoms with Gasteiger partial charge < -0.3 is 0 Å². The second-order valence-corrected chi connectivity index (χ2v) is 8.52. The van der Waals surface area contributed by atoms with Gasteiger partial charge in [-0.2, -0.15) is 8.42 Å². The second-order valence-electron chi connectivity index (χ2n) is 6.90. The average Bonchev–Trinajstić information content (AvgIpc) is 2.68. The normalized spacial score (nSPS) is 11.3. The third-order valence-corrected chi connectivity index (χ3v) is 5.66. The Bertz CT molecular complexity index is 734. The Balaban J connectivity index is 1.98. The number of aryl methyl sites for hydroxylation is 1. The van der Waals surface area contributed by atoms with E-state index in [-0.39, 0.29) is 11.5 Å². The van der Waals surface area contributed by atoms with Crippen LogP contribution in [0.25, 0.3) is 0 Å². The van der Waals surface area contributed by atoms with Crippen LogP contribution < -0.4 is 0 Å². The molecule has 0 heterocycles. The van der Waals surface area contributed by atoms with E-state index >= 15 is 0 Å². The smallest absolute Gasteiger partial charge is 0.266 e. The molecule has 0 bridgehead atoms. The highest BCUT2D eigenvalue weighted by Crippen LogP contribution is 2.14. The maximum atomic E-state index is 12.0. The molecule has 3 nitrogen and oxygen atoms in total. The molecule has 0 amide bonds. The van der Waals surface area contributed by atoms with Crippen LogP contribution in [-0.2, 0) is 14.3 Å². The van der Waals surface area contributed by atoms with Gasteiger partial charge in [-0.15, -0.1) is 6.58 Å². The summed E-state index contributed by atoms with van der Waals surface area (Å²) in [5.74, 6) is 6.24. The van der Waals surface area contributed by atoms with Crippen LogP contribution >= 0.6 is 0 Å². The van der Waals surface area contributed by atoms with Crippen molar-refractivity contribution in [2.75, 3.05) is 6.61 Å². The summed E-state index contributed by atoms with van der Waals surface area (Å²) in [5.41, 5.74) is 1.03. The second kappa shape index (κ2) is 15.1. The molecule has 1 rings (SSSR count). The van der Waals surface area contributed by atoms with Crippen molar-refractivity contribution in [3.8, 4) is 11.8 Å². The molecule has 28 heavy (non-hydrogen) atoms. The van der Waals surface area contributed by atoms with Crippen LogP contribution in [0.1, 0.15) is 69.8 Å². The van der Waals surface area contributed by atoms with Gasteiger partial charge in [0.1, 0.15) is 0 Å². The maximum Gasteiger partial charge on any atom is 0.296 e. The van der Waals surface area contributed by atoms with Gasteiger partial charge in [-0.3, -0.25) is 4.18 Å². The number of rotatable bonds is 14. The van der Waals surface area contributed by atoms with Crippen molar-refractivity contribution in [2.45, 2.75) is 76.0 Å². The summed E-state index contributed by atoms with van der Waals surface area (Å²) in [6, 6.07) is 6.74. The van der Waals surface area contributed by atoms with Gasteiger partial charge in [0.25, 0.3) is 10.1 Å². The minimum Gasteiger partial charge on any atom is -0.266 e. The zero-order valence-electron chi connectivity index (χ0n) is 17.2. The molecule has 0 fully saturated rings. The van der Waals surface area contributed by atoms with Crippen molar-refractivity contribution < 1.29 is 12.6 Å². The molecule has 0 aliphatic carbocycles. The molecule has 0 aromatic heterocycles. The minimum atomic E-state index is -3.62. The molecule has 0 unspecified atom stereocenters. The van der Waals surface area contributed by atoms with Gasteiger partial charge in [0.15, 0.2) is 0 Å². The largest absolute Gasteiger partial charge is 0.296 e. The lowest BCUT2D eigenvalue weighted by Gasteiger charge is -2.06. The molecule has 0 radical (unpaired) electrons. The summed E-state index contributed by atoms with van der Waals surface area (Å²) >= 11 is 0. The molecule has 154 valence electrons. The predicted octanol–water partition coefficient (Wildman–Crippen LogP) is 6.35. The third-order valence-electron chi connectivity index (χ3n) is 4.33. The number of allylic oxidation sites excluding steroid dienone is 3. The van der Waals surface area contributed by atoms with E-state index in [2.05, 4.69) is 24.5 Å². The molecule has 0 atom stereocenters. The van der Waals surface area contributed by atoms with Gasteiger partial charge in [0, 0.05) is 6.42 Å². The summed E-state index contributed by atoms with van der Waals surface area (Å²) in [5, 5.41) is 0. The van der Waals surface area contributed by atoms with Crippen LogP contribution in [0, 0.1) is 18.8 Å². The predicted molar refractivity (Wildman–Crippen MR) is 118 cm³/mol. The Morgan fingerprint density at radius 2 is 1.61 bits per heavy atom. The lowest BCUT2D eigenvalue weighted by atomic mass is 10.1. The third kappa shape index (κ3) is 11.8. The quantitative estimate of drug-likeness (QED) is 0.158. The first-order chi connectivity index (χ1) is 13.6. The number of hydrogen-bond donors (Lipinski definition) is 0. The number of hydrogen-bond acceptors (Lipinski definition) is 3. The van der Waals surface area contributed by atoms with E-state index in [0.29, 0.717) is 0 Å². The zero-order valence-corrected chi connectivity index (χ0v) is 18.0. The summed E-state index contributed by atoms with van der Waals surface area (Å²) in [7, 11) is -3.62. The van der Waals surface area contributed by atoms with E-state index in [4.69, 9.17) is 4.18 Å². The Hall–Kier alpha value is -1.83. The Kier molecular flexibility index (Phi) is 13.1. The van der Waals surface area contributed by atoms with Gasteiger partial charge in [0.05, 0.1) is 11.5 Å². The Morgan fingerprint density at radius 3 is 2.29 bits per heavy atom. The first-order valence-corrected chi connectivity index (χ1v) is 11.7. The fraction of sp³-hybridized carbons (Fsp3) is 0.500. The summed E-state index contributed by atoms with van der Waals surface area (Å²) in [4.78, 5) is 0.230. The maximum absolute atomic E-state index is 12.0. The zero-order chi connectivity index (χ0) is 20.5. The van der Waals surface area contributed by atoms with Crippen molar-refractivity contribution >= 4 is 10.1 Å². The summed E-state index contributed by atoms with van der Waals surface area (Å²) in [6.45, 7) is 5.87. The topological polar surface area (TPSA) is 43.4 Å². The van der Waals surface area contributed by atoms with Crippen LogP contribution in [0.2, 0.25) is 0 Å². The monoisotopic (exact) mass is 402 g/mol. The molecule has 0 aliphatic heterocycles. The summed E-state index contributed by atoms with van der Waals surface area (Å²) in [6.07, 6.45) is 16.5. The molecule has 4 heteroatoms. The molecule has 1 aromatic carbocycles. The van der Waals surface area contributed by atoms with Gasteiger partial charge in [-0.1, -0.05) is 73.8 Å². The molecular formula is C24H34O3S. The van der Waals surface area contributed by atoms with Crippen molar-refractivity contribution in [1.82, 2.24) is 0 Å². The highest BCUT2D eigenvalue weighted by atomic mass is 32.2. The SMILES string of the molecule is C=CCC/C=C\C#CCCCCCCCCCOS(=O)(=O)c1ccc(C)cc1. The standard InChI is InChI=1S/C24H34O3S/c1-3-4-5-6-7-8-9-10-11-12-13-14-15-16-17-22-27-28(25,26)24-20-18-23(2)19-21-24/h3,6-7,18-21H,1,4-5,10-17,22H2,2H3/b7-6-. The van der Waals surface area contributed by atoms with Crippen molar-refractivity contribution in [1.29, 1.82) is 0 Å². The highest BCUT2D eigenvalue weighted by molar-refractivity contribution is 7.86. The van der Waals surface area contributed by atoms with E-state index in [1.165, 1.54) is 19.3 Å². The van der Waals surface area contributed by atoms with Crippen LogP contribution in [0.3, 0.4) is 0 Å². The van der Waals surface area contributed by atoms with Crippen molar-refractivity contribution in [3.63, 3.8) is 0 Å². The molecule has 0 aliphatic rings. The fourth-order valence-electron chi connectivity index (χ4n) is 2.63. The van der Waals surface area contributed by atoms with E-state index < -0.39 is 10.1 Å². The van der Waals surface area contributed by atoms with Crippen molar-refractivity contribution in [2.24, 2.45) is 0 Å². The van der Waals surface area contributed by atoms with E-state index in [1.54, 1.807) is 24.3 Å². The molecule has 0 N–H and O–H groups in total. The lowest BCUT2D eigenvalue weighted by molar-refractivity contribution is 0.306. The molecule has 0 spiro atoms. The lowest BCUT2D eigenvalue weighted by Crippen LogP contribution is -2.07. The number of benzene rings is 1. The van der Waals surface area contributed by atoms with Gasteiger partial charge in [-0.25, -0.2) is 0 Å². The van der Waals surface area contributed by atoms with E-state index in [0.717, 1.165) is 50.5 Å². The van der Waals surface area contributed by atoms with Crippen LogP contribution in [0.15, 0.2) is 54.0 Å². The first-order valence-electron chi connectivity index (χ1n) is 10.3. The molecule has 0 saturated heterocycles. The van der Waals surface area contributed by atoms with Crippen LogP contribution in [-0.4, -0.2) is 15.0 Å². The Labute approximate surface area is 172 Å². The van der Waals surface area contributed by atoms with Gasteiger partial charge in [0.2, 0.25) is 0 Å². The summed E-state index contributed by atoms with van der Waals surface area (Å²) < 4.78 is 29.2. The Morgan fingerprint density at radius 1 is 0.964 bits per heavy atom. The van der Waals surface area contributed by atoms with Crippen molar-refractivity contribution in [3.05, 3.63) is 54.6 Å². The van der Waals surface area contributed by atoms with E-state index in [1.807, 2.05) is 19.1 Å². The first kappa shape index (κ1) is 24.2.